The Morgan fingerprint density at radius 2 is 2.11 bits per heavy atom. The molecule has 1 saturated carbocycles. The van der Waals surface area contributed by atoms with Crippen molar-refractivity contribution in [2.75, 3.05) is 6.54 Å². The van der Waals surface area contributed by atoms with Crippen molar-refractivity contribution in [1.82, 2.24) is 5.32 Å². The molecule has 2 N–H and O–H groups in total. The third-order valence-corrected chi connectivity index (χ3v) is 3.85. The first kappa shape index (κ1) is 11.7. The van der Waals surface area contributed by atoms with E-state index in [1.165, 1.54) is 0 Å². The minimum absolute atomic E-state index is 0.120. The number of aliphatic hydroxyl groups is 1. The molecule has 2 aliphatic rings. The zero-order chi connectivity index (χ0) is 12.6. The zero-order valence-corrected chi connectivity index (χ0v) is 10.2. The van der Waals surface area contributed by atoms with Gasteiger partial charge in [-0.05, 0) is 42.5 Å². The number of hydrogen-bond acceptors (Lipinski definition) is 3. The number of hydrogen-bond donors (Lipinski definition) is 2. The van der Waals surface area contributed by atoms with Gasteiger partial charge in [0.1, 0.15) is 0 Å². The Labute approximate surface area is 106 Å². The van der Waals surface area contributed by atoms with E-state index in [1.807, 2.05) is 18.2 Å². The highest BCUT2D eigenvalue weighted by Gasteiger charge is 2.34. The topological polar surface area (TPSA) is 58.6 Å². The number of carbonyl (C=O) groups excluding carboxylic acids is 1. The normalized spacial score (nSPS) is 20.1. The molecule has 0 bridgehead atoms. The van der Waals surface area contributed by atoms with Crippen molar-refractivity contribution in [3.63, 3.8) is 0 Å². The van der Waals surface area contributed by atoms with E-state index in [2.05, 4.69) is 5.32 Å². The number of fused-ring (bicyclic) bond motifs is 1. The molecule has 0 saturated heterocycles. The summed E-state index contributed by atoms with van der Waals surface area (Å²) in [5.74, 6) is -0.120. The lowest BCUT2D eigenvalue weighted by molar-refractivity contribution is -0.0300. The van der Waals surface area contributed by atoms with E-state index in [9.17, 15) is 9.90 Å². The molecule has 0 aromatic heterocycles. The average molecular weight is 247 g/mol. The molecule has 0 radical (unpaired) electrons. The van der Waals surface area contributed by atoms with Crippen LogP contribution in [0.2, 0.25) is 0 Å². The molecule has 0 atom stereocenters. The van der Waals surface area contributed by atoms with Crippen LogP contribution in [-0.2, 0) is 18.0 Å². The first-order valence-corrected chi connectivity index (χ1v) is 6.36. The number of ether oxygens (including phenoxy) is 1. The van der Waals surface area contributed by atoms with Crippen molar-refractivity contribution in [1.29, 1.82) is 0 Å². The molecule has 1 aromatic rings. The second-order valence-corrected chi connectivity index (χ2v) is 5.24. The van der Waals surface area contributed by atoms with Crippen LogP contribution in [-0.4, -0.2) is 23.2 Å². The largest absolute Gasteiger partial charge is 0.388 e. The van der Waals surface area contributed by atoms with Crippen LogP contribution in [0.4, 0.5) is 0 Å². The average Bonchev–Trinajstić information content (AvgIpc) is 2.80. The van der Waals surface area contributed by atoms with Crippen molar-refractivity contribution in [3.8, 4) is 0 Å². The summed E-state index contributed by atoms with van der Waals surface area (Å²) < 4.78 is 5.32. The summed E-state index contributed by atoms with van der Waals surface area (Å²) in [5, 5.41) is 12.7. The van der Waals surface area contributed by atoms with Gasteiger partial charge >= 0.3 is 0 Å². The SMILES string of the molecule is O=C(NCC1(O)CCC1)c1ccc2c(c1)COC2. The molecule has 4 heteroatoms. The van der Waals surface area contributed by atoms with Gasteiger partial charge in [0.2, 0.25) is 0 Å². The minimum Gasteiger partial charge on any atom is -0.388 e. The number of carbonyl (C=O) groups is 1. The molecule has 1 aliphatic heterocycles. The van der Waals surface area contributed by atoms with E-state index in [1.54, 1.807) is 0 Å². The maximum atomic E-state index is 12.0. The van der Waals surface area contributed by atoms with E-state index >= 15 is 0 Å². The Bertz CT molecular complexity index is 480. The Morgan fingerprint density at radius 3 is 2.83 bits per heavy atom. The van der Waals surface area contributed by atoms with Crippen molar-refractivity contribution in [2.24, 2.45) is 0 Å². The van der Waals surface area contributed by atoms with Gasteiger partial charge in [0.25, 0.3) is 5.91 Å². The van der Waals surface area contributed by atoms with Gasteiger partial charge in [-0.2, -0.15) is 0 Å². The van der Waals surface area contributed by atoms with Crippen molar-refractivity contribution in [3.05, 3.63) is 34.9 Å². The number of nitrogens with one attached hydrogen (secondary N) is 1. The van der Waals surface area contributed by atoms with E-state index in [-0.39, 0.29) is 5.91 Å². The molecule has 3 rings (SSSR count). The van der Waals surface area contributed by atoms with Gasteiger partial charge < -0.3 is 15.2 Å². The number of rotatable bonds is 3. The van der Waals surface area contributed by atoms with Gasteiger partial charge in [-0.1, -0.05) is 6.07 Å². The van der Waals surface area contributed by atoms with E-state index in [4.69, 9.17) is 4.74 Å². The molecule has 1 amide bonds. The molecule has 96 valence electrons. The molecule has 0 unspecified atom stereocenters. The minimum atomic E-state index is -0.671. The summed E-state index contributed by atoms with van der Waals surface area (Å²) in [6, 6.07) is 5.63. The Morgan fingerprint density at radius 1 is 1.33 bits per heavy atom. The van der Waals surface area contributed by atoms with Crippen LogP contribution in [0.3, 0.4) is 0 Å². The molecule has 18 heavy (non-hydrogen) atoms. The van der Waals surface area contributed by atoms with E-state index in [0.29, 0.717) is 25.3 Å². The zero-order valence-electron chi connectivity index (χ0n) is 10.2. The Kier molecular flexibility index (Phi) is 2.84. The molecule has 1 heterocycles. The first-order chi connectivity index (χ1) is 8.66. The number of benzene rings is 1. The van der Waals surface area contributed by atoms with Gasteiger partial charge in [-0.3, -0.25) is 4.79 Å². The van der Waals surface area contributed by atoms with Crippen LogP contribution < -0.4 is 5.32 Å². The summed E-state index contributed by atoms with van der Waals surface area (Å²) in [4.78, 5) is 12.0. The van der Waals surface area contributed by atoms with Crippen LogP contribution in [0.15, 0.2) is 18.2 Å². The lowest BCUT2D eigenvalue weighted by Crippen LogP contribution is -2.47. The Balaban J connectivity index is 1.65. The predicted molar refractivity (Wildman–Crippen MR) is 66.1 cm³/mol. The van der Waals surface area contributed by atoms with Crippen LogP contribution in [0, 0.1) is 0 Å². The molecule has 1 aromatic carbocycles. The Hall–Kier alpha value is -1.39. The van der Waals surface area contributed by atoms with Crippen LogP contribution in [0.1, 0.15) is 40.7 Å². The molecule has 0 spiro atoms. The van der Waals surface area contributed by atoms with Crippen molar-refractivity contribution >= 4 is 5.91 Å². The molecule has 4 nitrogen and oxygen atoms in total. The monoisotopic (exact) mass is 247 g/mol. The standard InChI is InChI=1S/C14H17NO3/c16-13(15-9-14(17)4-1-5-14)10-2-3-11-7-18-8-12(11)6-10/h2-3,6,17H,1,4-5,7-9H2,(H,15,16). The van der Waals surface area contributed by atoms with Gasteiger partial charge in [0.05, 0.1) is 18.8 Å². The fraction of sp³-hybridized carbons (Fsp3) is 0.500. The third kappa shape index (κ3) is 2.13. The summed E-state index contributed by atoms with van der Waals surface area (Å²) in [5.41, 5.74) is 2.21. The van der Waals surface area contributed by atoms with Gasteiger partial charge in [-0.15, -0.1) is 0 Å². The van der Waals surface area contributed by atoms with Crippen molar-refractivity contribution < 1.29 is 14.6 Å². The van der Waals surface area contributed by atoms with Gasteiger partial charge in [0, 0.05) is 12.1 Å². The summed E-state index contributed by atoms with van der Waals surface area (Å²) >= 11 is 0. The van der Waals surface area contributed by atoms with Crippen molar-refractivity contribution in [2.45, 2.75) is 38.1 Å². The summed E-state index contributed by atoms with van der Waals surface area (Å²) in [6.07, 6.45) is 2.61. The maximum absolute atomic E-state index is 12.0. The van der Waals surface area contributed by atoms with E-state index in [0.717, 1.165) is 30.4 Å². The fourth-order valence-electron chi connectivity index (χ4n) is 2.42. The smallest absolute Gasteiger partial charge is 0.251 e. The number of amides is 1. The molecular weight excluding hydrogens is 230 g/mol. The van der Waals surface area contributed by atoms with Crippen LogP contribution >= 0.6 is 0 Å². The summed E-state index contributed by atoms with van der Waals surface area (Å²) in [6.45, 7) is 1.57. The second-order valence-electron chi connectivity index (χ2n) is 5.24. The highest BCUT2D eigenvalue weighted by atomic mass is 16.5. The summed E-state index contributed by atoms with van der Waals surface area (Å²) in [7, 11) is 0. The van der Waals surface area contributed by atoms with E-state index < -0.39 is 5.60 Å². The second kappa shape index (κ2) is 4.37. The van der Waals surface area contributed by atoms with Crippen LogP contribution in [0.5, 0.6) is 0 Å². The van der Waals surface area contributed by atoms with Gasteiger partial charge in [-0.25, -0.2) is 0 Å². The van der Waals surface area contributed by atoms with Gasteiger partial charge in [0.15, 0.2) is 0 Å². The third-order valence-electron chi connectivity index (χ3n) is 3.85. The highest BCUT2D eigenvalue weighted by Crippen LogP contribution is 2.30. The van der Waals surface area contributed by atoms with Crippen LogP contribution in [0.25, 0.3) is 0 Å². The first-order valence-electron chi connectivity index (χ1n) is 6.36. The fourth-order valence-corrected chi connectivity index (χ4v) is 2.42. The molecular formula is C14H17NO3. The lowest BCUT2D eigenvalue weighted by atomic mass is 9.80. The quantitative estimate of drug-likeness (QED) is 0.848. The highest BCUT2D eigenvalue weighted by molar-refractivity contribution is 5.94. The molecule has 1 fully saturated rings. The maximum Gasteiger partial charge on any atom is 0.251 e. The molecule has 1 aliphatic carbocycles. The predicted octanol–water partition coefficient (Wildman–Crippen LogP) is 1.36. The lowest BCUT2D eigenvalue weighted by Gasteiger charge is -2.36.